The van der Waals surface area contributed by atoms with E-state index in [1.807, 2.05) is 13.8 Å². The van der Waals surface area contributed by atoms with Crippen LogP contribution >= 0.6 is 0 Å². The number of esters is 2. The monoisotopic (exact) mass is 194 g/mol. The lowest BCUT2D eigenvalue weighted by Crippen LogP contribution is -2.03. The number of ether oxygens (including phenoxy) is 1. The van der Waals surface area contributed by atoms with Crippen LogP contribution in [0.15, 0.2) is 0 Å². The standard InChI is InChI=1S/C4H6O3.C2H6.2CH5N/c1-3(5)7-4(2)6;3*1-2/h1-2H3;1-2H3;2*2H2,1H3. The summed E-state index contributed by atoms with van der Waals surface area (Å²) < 4.78 is 3.97. The molecule has 0 unspecified atom stereocenters. The number of hydrogen-bond acceptors (Lipinski definition) is 5. The Labute approximate surface area is 80.4 Å². The SMILES string of the molecule is CC.CC(=O)OC(C)=O.CN.CN. The van der Waals surface area contributed by atoms with Crippen molar-refractivity contribution < 1.29 is 14.3 Å². The first-order valence-electron chi connectivity index (χ1n) is 3.97. The average molecular weight is 194 g/mol. The molecule has 5 nitrogen and oxygen atoms in total. The van der Waals surface area contributed by atoms with Crippen molar-refractivity contribution in [3.05, 3.63) is 0 Å². The van der Waals surface area contributed by atoms with Gasteiger partial charge < -0.3 is 16.2 Å². The third kappa shape index (κ3) is 97.0. The van der Waals surface area contributed by atoms with E-state index in [1.54, 1.807) is 0 Å². The van der Waals surface area contributed by atoms with Gasteiger partial charge >= 0.3 is 11.9 Å². The van der Waals surface area contributed by atoms with Crippen LogP contribution in [0, 0.1) is 0 Å². The average Bonchev–Trinajstić information content (AvgIpc) is 2.12. The number of carbonyl (C=O) groups is 2. The summed E-state index contributed by atoms with van der Waals surface area (Å²) in [4.78, 5) is 19.6. The Morgan fingerprint density at radius 2 is 1.00 bits per heavy atom. The van der Waals surface area contributed by atoms with Gasteiger partial charge in [-0.15, -0.1) is 0 Å². The number of nitrogens with two attached hydrogens (primary N) is 2. The highest BCUT2D eigenvalue weighted by Crippen LogP contribution is 1.73. The van der Waals surface area contributed by atoms with E-state index < -0.39 is 11.9 Å². The van der Waals surface area contributed by atoms with E-state index in [-0.39, 0.29) is 0 Å². The predicted octanol–water partition coefficient (Wildman–Crippen LogP) is 0.272. The van der Waals surface area contributed by atoms with Gasteiger partial charge in [0.25, 0.3) is 0 Å². The number of hydrogen-bond donors (Lipinski definition) is 2. The van der Waals surface area contributed by atoms with Gasteiger partial charge in [-0.1, -0.05) is 13.8 Å². The molecule has 0 aromatic rings. The largest absolute Gasteiger partial charge is 0.394 e. The molecule has 0 saturated carbocycles. The lowest BCUT2D eigenvalue weighted by Gasteiger charge is -1.87. The quantitative estimate of drug-likeness (QED) is 0.426. The Morgan fingerprint density at radius 1 is 0.846 bits per heavy atom. The highest BCUT2D eigenvalue weighted by Gasteiger charge is 1.93. The fourth-order valence-corrected chi connectivity index (χ4v) is 0.202. The number of carbonyl (C=O) groups excluding carboxylic acids is 2. The molecule has 0 aliphatic carbocycles. The van der Waals surface area contributed by atoms with Crippen LogP contribution in [-0.4, -0.2) is 26.0 Å². The zero-order valence-electron chi connectivity index (χ0n) is 9.38. The Balaban J connectivity index is -0.0000000573. The first-order valence-corrected chi connectivity index (χ1v) is 3.97. The van der Waals surface area contributed by atoms with Crippen LogP contribution in [-0.2, 0) is 14.3 Å². The van der Waals surface area contributed by atoms with Gasteiger partial charge in [-0.25, -0.2) is 0 Å². The Hall–Kier alpha value is -0.940. The molecule has 0 amide bonds. The van der Waals surface area contributed by atoms with E-state index >= 15 is 0 Å². The van der Waals surface area contributed by atoms with Gasteiger partial charge in [0.15, 0.2) is 0 Å². The second-order valence-electron chi connectivity index (χ2n) is 1.09. The lowest BCUT2D eigenvalue weighted by molar-refractivity contribution is -0.156. The topological polar surface area (TPSA) is 95.4 Å². The minimum absolute atomic E-state index is 0.562. The lowest BCUT2D eigenvalue weighted by atomic mass is 10.7. The summed E-state index contributed by atoms with van der Waals surface area (Å²) in [6, 6.07) is 0. The Kier molecular flexibility index (Phi) is 53.2. The molecule has 0 aromatic heterocycles. The van der Waals surface area contributed by atoms with E-state index in [0.717, 1.165) is 0 Å². The summed E-state index contributed by atoms with van der Waals surface area (Å²) >= 11 is 0. The van der Waals surface area contributed by atoms with Crippen molar-refractivity contribution >= 4 is 11.9 Å². The van der Waals surface area contributed by atoms with Crippen LogP contribution in [0.4, 0.5) is 0 Å². The molecule has 0 spiro atoms. The van der Waals surface area contributed by atoms with E-state index in [1.165, 1.54) is 27.9 Å². The van der Waals surface area contributed by atoms with Gasteiger partial charge in [-0.05, 0) is 14.1 Å². The maximum atomic E-state index is 9.81. The maximum Gasteiger partial charge on any atom is 0.310 e. The molecule has 13 heavy (non-hydrogen) atoms. The molecule has 0 rings (SSSR count). The summed E-state index contributed by atoms with van der Waals surface area (Å²) in [7, 11) is 3.00. The molecule has 0 atom stereocenters. The molecule has 0 bridgehead atoms. The molecule has 82 valence electrons. The van der Waals surface area contributed by atoms with Crippen molar-refractivity contribution in [3.8, 4) is 0 Å². The molecular formula is C8H22N2O3. The molecule has 0 aliphatic rings. The molecule has 0 aromatic carbocycles. The normalized spacial score (nSPS) is 5.54. The van der Waals surface area contributed by atoms with Crippen LogP contribution in [0.25, 0.3) is 0 Å². The highest BCUT2D eigenvalue weighted by atomic mass is 16.6. The van der Waals surface area contributed by atoms with Gasteiger partial charge in [-0.3, -0.25) is 9.59 Å². The summed E-state index contributed by atoms with van der Waals surface area (Å²) in [5.74, 6) is -1.12. The van der Waals surface area contributed by atoms with Gasteiger partial charge in [0.2, 0.25) is 0 Å². The second-order valence-corrected chi connectivity index (χ2v) is 1.09. The van der Waals surface area contributed by atoms with Gasteiger partial charge in [-0.2, -0.15) is 0 Å². The Morgan fingerprint density at radius 3 is 1.00 bits per heavy atom. The third-order valence-electron chi connectivity index (χ3n) is 0.287. The van der Waals surface area contributed by atoms with Gasteiger partial charge in [0, 0.05) is 13.8 Å². The van der Waals surface area contributed by atoms with E-state index in [4.69, 9.17) is 0 Å². The number of rotatable bonds is 0. The first kappa shape index (κ1) is 22.7. The molecule has 0 saturated heterocycles. The van der Waals surface area contributed by atoms with Crippen LogP contribution in [0.2, 0.25) is 0 Å². The van der Waals surface area contributed by atoms with E-state index in [9.17, 15) is 9.59 Å². The van der Waals surface area contributed by atoms with Crippen LogP contribution in [0.3, 0.4) is 0 Å². The van der Waals surface area contributed by atoms with E-state index in [0.29, 0.717) is 0 Å². The van der Waals surface area contributed by atoms with Gasteiger partial charge in [0.05, 0.1) is 0 Å². The molecule has 0 aliphatic heterocycles. The van der Waals surface area contributed by atoms with Crippen LogP contribution in [0.1, 0.15) is 27.7 Å². The minimum Gasteiger partial charge on any atom is -0.394 e. The van der Waals surface area contributed by atoms with Crippen molar-refractivity contribution in [2.45, 2.75) is 27.7 Å². The van der Waals surface area contributed by atoms with Gasteiger partial charge in [0.1, 0.15) is 0 Å². The molecule has 5 heteroatoms. The van der Waals surface area contributed by atoms with Crippen molar-refractivity contribution in [3.63, 3.8) is 0 Å². The van der Waals surface area contributed by atoms with Crippen molar-refractivity contribution in [2.24, 2.45) is 11.5 Å². The van der Waals surface area contributed by atoms with Crippen molar-refractivity contribution in [1.82, 2.24) is 0 Å². The smallest absolute Gasteiger partial charge is 0.310 e. The summed E-state index contributed by atoms with van der Waals surface area (Å²) in [6.45, 7) is 6.36. The molecular weight excluding hydrogens is 172 g/mol. The van der Waals surface area contributed by atoms with Crippen LogP contribution < -0.4 is 11.5 Å². The molecule has 4 N–H and O–H groups in total. The van der Waals surface area contributed by atoms with Crippen molar-refractivity contribution in [2.75, 3.05) is 14.1 Å². The zero-order chi connectivity index (χ0) is 11.9. The summed E-state index contributed by atoms with van der Waals surface area (Å²) in [5.41, 5.74) is 9.00. The van der Waals surface area contributed by atoms with E-state index in [2.05, 4.69) is 16.2 Å². The maximum absolute atomic E-state index is 9.81. The van der Waals surface area contributed by atoms with Crippen molar-refractivity contribution in [1.29, 1.82) is 0 Å². The minimum atomic E-state index is -0.562. The summed E-state index contributed by atoms with van der Waals surface area (Å²) in [6.07, 6.45) is 0. The molecule has 0 fully saturated rings. The third-order valence-corrected chi connectivity index (χ3v) is 0.287. The highest BCUT2D eigenvalue weighted by molar-refractivity contribution is 5.82. The molecule has 0 radical (unpaired) electrons. The predicted molar refractivity (Wildman–Crippen MR) is 54.0 cm³/mol. The first-order chi connectivity index (χ1) is 6.13. The molecule has 0 heterocycles. The second kappa shape index (κ2) is 30.5. The fraction of sp³-hybridized carbons (Fsp3) is 0.750. The fourth-order valence-electron chi connectivity index (χ4n) is 0.202. The Bertz CT molecular complexity index is 93.6. The summed E-state index contributed by atoms with van der Waals surface area (Å²) in [5, 5.41) is 0. The zero-order valence-corrected chi connectivity index (χ0v) is 9.38. The van der Waals surface area contributed by atoms with Crippen LogP contribution in [0.5, 0.6) is 0 Å².